The van der Waals surface area contributed by atoms with E-state index in [0.29, 0.717) is 10.8 Å². The Balaban J connectivity index is 1.59. The summed E-state index contributed by atoms with van der Waals surface area (Å²) in [4.78, 5) is 16.7. The number of hydrogen-bond acceptors (Lipinski definition) is 3. The summed E-state index contributed by atoms with van der Waals surface area (Å²) in [5.74, 6) is 0.664. The van der Waals surface area contributed by atoms with Crippen molar-refractivity contribution in [1.82, 2.24) is 0 Å². The van der Waals surface area contributed by atoms with Crippen LogP contribution in [0.25, 0.3) is 0 Å². The summed E-state index contributed by atoms with van der Waals surface area (Å²) in [5, 5.41) is 0.718. The third kappa shape index (κ3) is 3.01. The van der Waals surface area contributed by atoms with Gasteiger partial charge in [-0.25, -0.2) is 0 Å². The third-order valence-electron chi connectivity index (χ3n) is 4.62. The van der Waals surface area contributed by atoms with Crippen LogP contribution in [0.15, 0.2) is 48.5 Å². The Morgan fingerprint density at radius 3 is 2.21 bits per heavy atom. The molecule has 0 bridgehead atoms. The fourth-order valence-electron chi connectivity index (χ4n) is 3.38. The van der Waals surface area contributed by atoms with Gasteiger partial charge in [0.1, 0.15) is 5.37 Å². The first kappa shape index (κ1) is 15.9. The predicted molar refractivity (Wildman–Crippen MR) is 102 cm³/mol. The van der Waals surface area contributed by atoms with E-state index in [-0.39, 0.29) is 11.3 Å². The van der Waals surface area contributed by atoms with Gasteiger partial charge in [0.25, 0.3) is 0 Å². The van der Waals surface area contributed by atoms with Crippen LogP contribution in [0.5, 0.6) is 0 Å². The number of thioether (sulfide) groups is 1. The Morgan fingerprint density at radius 1 is 0.917 bits per heavy atom. The molecule has 1 amide bonds. The van der Waals surface area contributed by atoms with Crippen LogP contribution in [0.4, 0.5) is 11.4 Å². The Kier molecular flexibility index (Phi) is 4.42. The van der Waals surface area contributed by atoms with Crippen LogP contribution in [0.2, 0.25) is 5.02 Å². The summed E-state index contributed by atoms with van der Waals surface area (Å²) in [6.07, 6.45) is 2.55. The fraction of sp³-hybridized carbons (Fsp3) is 0.316. The molecule has 0 saturated carbocycles. The molecule has 2 fully saturated rings. The Hall–Kier alpha value is -1.65. The molecule has 0 N–H and O–H groups in total. The van der Waals surface area contributed by atoms with Gasteiger partial charge in [0.15, 0.2) is 0 Å². The van der Waals surface area contributed by atoms with Gasteiger partial charge in [0, 0.05) is 29.5 Å². The fourth-order valence-corrected chi connectivity index (χ4v) is 4.68. The molecule has 24 heavy (non-hydrogen) atoms. The number of halogens is 1. The molecule has 3 nitrogen and oxygen atoms in total. The molecule has 2 aromatic carbocycles. The summed E-state index contributed by atoms with van der Waals surface area (Å²) < 4.78 is 0. The second kappa shape index (κ2) is 6.69. The number of benzene rings is 2. The zero-order chi connectivity index (χ0) is 16.5. The average molecular weight is 359 g/mol. The third-order valence-corrected chi connectivity index (χ3v) is 6.09. The maximum absolute atomic E-state index is 12.4. The van der Waals surface area contributed by atoms with Crippen molar-refractivity contribution in [2.24, 2.45) is 0 Å². The van der Waals surface area contributed by atoms with Crippen molar-refractivity contribution in [3.63, 3.8) is 0 Å². The van der Waals surface area contributed by atoms with Crippen molar-refractivity contribution >= 4 is 40.6 Å². The van der Waals surface area contributed by atoms with Gasteiger partial charge in [0.05, 0.1) is 5.75 Å². The Morgan fingerprint density at radius 2 is 1.54 bits per heavy atom. The molecule has 0 spiro atoms. The summed E-state index contributed by atoms with van der Waals surface area (Å²) in [5.41, 5.74) is 3.36. The monoisotopic (exact) mass is 358 g/mol. The Labute approximate surface area is 151 Å². The van der Waals surface area contributed by atoms with Crippen LogP contribution in [-0.4, -0.2) is 24.7 Å². The lowest BCUT2D eigenvalue weighted by Gasteiger charge is -2.25. The SMILES string of the molecule is O=C1CS[C@@H](c2ccc(N3CCCC3)cc2)N1c1ccc(Cl)cc1. The normalized spacial score (nSPS) is 20.9. The molecule has 2 aliphatic rings. The van der Waals surface area contributed by atoms with Crippen LogP contribution in [0, 0.1) is 0 Å². The Bertz CT molecular complexity index is 726. The van der Waals surface area contributed by atoms with Crippen molar-refractivity contribution in [3.8, 4) is 0 Å². The summed E-state index contributed by atoms with van der Waals surface area (Å²) in [6, 6.07) is 16.2. The second-order valence-corrected chi connectivity index (χ2v) is 7.69. The molecule has 124 valence electrons. The van der Waals surface area contributed by atoms with Gasteiger partial charge in [-0.2, -0.15) is 0 Å². The molecule has 2 aromatic rings. The average Bonchev–Trinajstić information content (AvgIpc) is 3.26. The highest BCUT2D eigenvalue weighted by Gasteiger charge is 2.34. The number of hydrogen-bond donors (Lipinski definition) is 0. The van der Waals surface area contributed by atoms with Gasteiger partial charge in [0.2, 0.25) is 5.91 Å². The molecular weight excluding hydrogens is 340 g/mol. The zero-order valence-corrected chi connectivity index (χ0v) is 14.9. The van der Waals surface area contributed by atoms with Gasteiger partial charge in [-0.05, 0) is 54.8 Å². The van der Waals surface area contributed by atoms with Gasteiger partial charge in [-0.1, -0.05) is 23.7 Å². The maximum atomic E-state index is 12.4. The number of anilines is 2. The summed E-state index contributed by atoms with van der Waals surface area (Å²) in [7, 11) is 0. The van der Waals surface area contributed by atoms with E-state index in [4.69, 9.17) is 11.6 Å². The summed E-state index contributed by atoms with van der Waals surface area (Å²) in [6.45, 7) is 2.29. The highest BCUT2D eigenvalue weighted by Crippen LogP contribution is 2.42. The van der Waals surface area contributed by atoms with Crippen LogP contribution in [-0.2, 0) is 4.79 Å². The molecule has 0 unspecified atom stereocenters. The van der Waals surface area contributed by atoms with Crippen molar-refractivity contribution in [2.45, 2.75) is 18.2 Å². The van der Waals surface area contributed by atoms with E-state index in [2.05, 4.69) is 29.2 Å². The highest BCUT2D eigenvalue weighted by molar-refractivity contribution is 8.00. The molecule has 5 heteroatoms. The molecule has 1 atom stereocenters. The lowest BCUT2D eigenvalue weighted by molar-refractivity contribution is -0.115. The topological polar surface area (TPSA) is 23.6 Å². The minimum absolute atomic E-state index is 0.0336. The highest BCUT2D eigenvalue weighted by atomic mass is 35.5. The molecule has 0 aromatic heterocycles. The van der Waals surface area contributed by atoms with Gasteiger partial charge in [-0.15, -0.1) is 11.8 Å². The molecular formula is C19H19ClN2OS. The summed E-state index contributed by atoms with van der Waals surface area (Å²) >= 11 is 7.65. The first-order valence-corrected chi connectivity index (χ1v) is 9.69. The largest absolute Gasteiger partial charge is 0.372 e. The quantitative estimate of drug-likeness (QED) is 0.793. The first-order valence-electron chi connectivity index (χ1n) is 8.26. The lowest BCUT2D eigenvalue weighted by Crippen LogP contribution is -2.27. The number of carbonyl (C=O) groups excluding carboxylic acids is 1. The number of nitrogens with zero attached hydrogens (tertiary/aromatic N) is 2. The van der Waals surface area contributed by atoms with Crippen LogP contribution in [0.1, 0.15) is 23.8 Å². The lowest BCUT2D eigenvalue weighted by atomic mass is 10.1. The van der Waals surface area contributed by atoms with E-state index < -0.39 is 0 Å². The molecule has 0 radical (unpaired) electrons. The van der Waals surface area contributed by atoms with Gasteiger partial charge in [-0.3, -0.25) is 9.69 Å². The molecule has 2 heterocycles. The van der Waals surface area contributed by atoms with E-state index in [1.54, 1.807) is 11.8 Å². The van der Waals surface area contributed by atoms with Crippen molar-refractivity contribution < 1.29 is 4.79 Å². The van der Waals surface area contributed by atoms with Gasteiger partial charge >= 0.3 is 0 Å². The van der Waals surface area contributed by atoms with Gasteiger partial charge < -0.3 is 4.90 Å². The van der Waals surface area contributed by atoms with Crippen LogP contribution >= 0.6 is 23.4 Å². The minimum atomic E-state index is 0.0336. The number of carbonyl (C=O) groups is 1. The van der Waals surface area contributed by atoms with E-state index in [1.807, 2.05) is 29.2 Å². The van der Waals surface area contributed by atoms with E-state index in [1.165, 1.54) is 24.1 Å². The minimum Gasteiger partial charge on any atom is -0.372 e. The van der Waals surface area contributed by atoms with Crippen LogP contribution in [0.3, 0.4) is 0 Å². The van der Waals surface area contributed by atoms with Crippen LogP contribution < -0.4 is 9.80 Å². The first-order chi connectivity index (χ1) is 11.7. The second-order valence-electron chi connectivity index (χ2n) is 6.19. The van der Waals surface area contributed by atoms with Crippen molar-refractivity contribution in [3.05, 3.63) is 59.1 Å². The zero-order valence-electron chi connectivity index (χ0n) is 13.3. The number of amides is 1. The smallest absolute Gasteiger partial charge is 0.238 e. The molecule has 4 rings (SSSR count). The maximum Gasteiger partial charge on any atom is 0.238 e. The molecule has 2 saturated heterocycles. The number of rotatable bonds is 3. The van der Waals surface area contributed by atoms with Crippen molar-refractivity contribution in [2.75, 3.05) is 28.6 Å². The van der Waals surface area contributed by atoms with E-state index in [9.17, 15) is 4.79 Å². The predicted octanol–water partition coefficient (Wildman–Crippen LogP) is 4.72. The van der Waals surface area contributed by atoms with Crippen molar-refractivity contribution in [1.29, 1.82) is 0 Å². The molecule has 0 aliphatic carbocycles. The van der Waals surface area contributed by atoms with E-state index in [0.717, 1.165) is 18.8 Å². The molecule has 2 aliphatic heterocycles. The standard InChI is InChI=1S/C19H19ClN2OS/c20-15-5-9-17(10-6-15)22-18(23)13-24-19(22)14-3-7-16(8-4-14)21-11-1-2-12-21/h3-10,19H,1-2,11-13H2/t19-/m0/s1. The van der Waals surface area contributed by atoms with E-state index >= 15 is 0 Å².